The Morgan fingerprint density at radius 3 is 2.77 bits per heavy atom. The van der Waals surface area contributed by atoms with Gasteiger partial charge >= 0.3 is 0 Å². The van der Waals surface area contributed by atoms with E-state index < -0.39 is 0 Å². The molecule has 7 nitrogen and oxygen atoms in total. The molecule has 26 heavy (non-hydrogen) atoms. The molecule has 0 atom stereocenters. The molecular formula is C17H16ClN5O2S. The predicted octanol–water partition coefficient (Wildman–Crippen LogP) is 3.41. The number of rotatable bonds is 6. The number of carbonyl (C=O) groups is 1. The van der Waals surface area contributed by atoms with Gasteiger partial charge in [0, 0.05) is 10.6 Å². The minimum absolute atomic E-state index is 0.00423. The fourth-order valence-corrected chi connectivity index (χ4v) is 2.70. The molecule has 0 aliphatic carbocycles. The van der Waals surface area contributed by atoms with Crippen LogP contribution in [0, 0.1) is 4.77 Å². The summed E-state index contributed by atoms with van der Waals surface area (Å²) in [6.07, 6.45) is 0. The standard InChI is InChI=1S/C17H16ClN5O2S/c1-25-14-7-5-11(6-8-14)16-21-22-17(26)23(16)10-15(24)20-19-13-4-2-3-12(18)9-13/h2-9,19H,10H2,1H3,(H,20,24)(H,22,26). The maximum Gasteiger partial charge on any atom is 0.258 e. The summed E-state index contributed by atoms with van der Waals surface area (Å²) >= 11 is 11.2. The largest absolute Gasteiger partial charge is 0.497 e. The van der Waals surface area contributed by atoms with Crippen molar-refractivity contribution in [1.29, 1.82) is 0 Å². The van der Waals surface area contributed by atoms with E-state index in [0.717, 1.165) is 11.3 Å². The number of aromatic amines is 1. The number of H-pyrrole nitrogens is 1. The van der Waals surface area contributed by atoms with Gasteiger partial charge in [0.2, 0.25) is 0 Å². The van der Waals surface area contributed by atoms with Crippen molar-refractivity contribution < 1.29 is 9.53 Å². The van der Waals surface area contributed by atoms with Gasteiger partial charge in [0.05, 0.1) is 12.8 Å². The van der Waals surface area contributed by atoms with E-state index in [1.165, 1.54) is 0 Å². The first-order valence-electron chi connectivity index (χ1n) is 7.67. The molecule has 3 rings (SSSR count). The topological polar surface area (TPSA) is 84.0 Å². The molecule has 2 aromatic carbocycles. The normalized spacial score (nSPS) is 10.4. The molecule has 0 saturated heterocycles. The highest BCUT2D eigenvalue weighted by molar-refractivity contribution is 7.71. The van der Waals surface area contributed by atoms with Gasteiger partial charge in [-0.1, -0.05) is 17.7 Å². The maximum absolute atomic E-state index is 12.3. The molecule has 1 heterocycles. The van der Waals surface area contributed by atoms with Crippen LogP contribution in [0.3, 0.4) is 0 Å². The number of anilines is 1. The minimum atomic E-state index is -0.280. The van der Waals surface area contributed by atoms with Crippen LogP contribution in [0.1, 0.15) is 0 Å². The lowest BCUT2D eigenvalue weighted by Gasteiger charge is -2.10. The third kappa shape index (κ3) is 4.22. The Bertz CT molecular complexity index is 968. The molecule has 0 saturated carbocycles. The van der Waals surface area contributed by atoms with Crippen LogP contribution < -0.4 is 15.6 Å². The molecule has 1 aromatic heterocycles. The Labute approximate surface area is 159 Å². The van der Waals surface area contributed by atoms with Crippen LogP contribution in [0.5, 0.6) is 5.75 Å². The summed E-state index contributed by atoms with van der Waals surface area (Å²) in [4.78, 5) is 12.3. The van der Waals surface area contributed by atoms with Gasteiger partial charge in [-0.05, 0) is 54.7 Å². The number of nitrogens with zero attached hydrogens (tertiary/aromatic N) is 2. The van der Waals surface area contributed by atoms with Crippen molar-refractivity contribution in [3.8, 4) is 17.1 Å². The number of amides is 1. The molecule has 1 amide bonds. The zero-order valence-corrected chi connectivity index (χ0v) is 15.4. The highest BCUT2D eigenvalue weighted by Gasteiger charge is 2.12. The van der Waals surface area contributed by atoms with Gasteiger partial charge in [-0.3, -0.25) is 25.3 Å². The molecule has 3 N–H and O–H groups in total. The van der Waals surface area contributed by atoms with Crippen molar-refractivity contribution in [2.24, 2.45) is 0 Å². The van der Waals surface area contributed by atoms with Crippen molar-refractivity contribution in [2.75, 3.05) is 12.5 Å². The molecule has 3 aromatic rings. The number of benzene rings is 2. The number of halogens is 1. The van der Waals surface area contributed by atoms with Crippen molar-refractivity contribution in [3.05, 3.63) is 58.3 Å². The van der Waals surface area contributed by atoms with Crippen LogP contribution in [-0.2, 0) is 11.3 Å². The van der Waals surface area contributed by atoms with Crippen LogP contribution >= 0.6 is 23.8 Å². The van der Waals surface area contributed by atoms with Crippen LogP contribution in [-0.4, -0.2) is 27.8 Å². The van der Waals surface area contributed by atoms with Gasteiger partial charge in [-0.15, -0.1) is 0 Å². The fourth-order valence-electron chi connectivity index (χ4n) is 2.32. The van der Waals surface area contributed by atoms with E-state index in [0.29, 0.717) is 21.3 Å². The number of methoxy groups -OCH3 is 1. The quantitative estimate of drug-likeness (QED) is 0.444. The molecule has 0 bridgehead atoms. The molecular weight excluding hydrogens is 374 g/mol. The lowest BCUT2D eigenvalue weighted by molar-refractivity contribution is -0.121. The third-order valence-electron chi connectivity index (χ3n) is 3.58. The molecule has 0 unspecified atom stereocenters. The SMILES string of the molecule is COc1ccc(-c2n[nH]c(=S)n2CC(=O)NNc2cccc(Cl)c2)cc1. The maximum atomic E-state index is 12.3. The lowest BCUT2D eigenvalue weighted by atomic mass is 10.2. The van der Waals surface area contributed by atoms with Gasteiger partial charge in [-0.2, -0.15) is 5.10 Å². The third-order valence-corrected chi connectivity index (χ3v) is 4.13. The minimum Gasteiger partial charge on any atom is -0.497 e. The second kappa shape index (κ2) is 8.03. The lowest BCUT2D eigenvalue weighted by Crippen LogP contribution is -2.32. The molecule has 0 radical (unpaired) electrons. The number of hydrazine groups is 1. The average Bonchev–Trinajstić information content (AvgIpc) is 3.01. The fraction of sp³-hybridized carbons (Fsp3) is 0.118. The monoisotopic (exact) mass is 389 g/mol. The number of hydrogen-bond acceptors (Lipinski definition) is 5. The van der Waals surface area contributed by atoms with Gasteiger partial charge < -0.3 is 4.74 Å². The Morgan fingerprint density at radius 1 is 1.31 bits per heavy atom. The highest BCUT2D eigenvalue weighted by atomic mass is 35.5. The van der Waals surface area contributed by atoms with Gasteiger partial charge in [0.15, 0.2) is 10.6 Å². The van der Waals surface area contributed by atoms with Gasteiger partial charge in [-0.25, -0.2) is 0 Å². The Hall–Kier alpha value is -2.84. The number of carbonyl (C=O) groups excluding carboxylic acids is 1. The van der Waals surface area contributed by atoms with Crippen molar-refractivity contribution in [3.63, 3.8) is 0 Å². The summed E-state index contributed by atoms with van der Waals surface area (Å²) in [5.41, 5.74) is 6.92. The van der Waals surface area contributed by atoms with Crippen LogP contribution in [0.4, 0.5) is 5.69 Å². The van der Waals surface area contributed by atoms with Crippen LogP contribution in [0.15, 0.2) is 48.5 Å². The first kappa shape index (κ1) is 18.0. The van der Waals surface area contributed by atoms with E-state index >= 15 is 0 Å². The Kier molecular flexibility index (Phi) is 5.55. The summed E-state index contributed by atoms with van der Waals surface area (Å²) in [6.45, 7) is 0.00423. The van der Waals surface area contributed by atoms with Gasteiger partial charge in [0.25, 0.3) is 5.91 Å². The van der Waals surface area contributed by atoms with Crippen molar-refractivity contribution >= 4 is 35.4 Å². The van der Waals surface area contributed by atoms with E-state index in [2.05, 4.69) is 21.0 Å². The van der Waals surface area contributed by atoms with E-state index in [9.17, 15) is 4.79 Å². The summed E-state index contributed by atoms with van der Waals surface area (Å²) in [7, 11) is 1.60. The average molecular weight is 390 g/mol. The Balaban J connectivity index is 1.72. The number of aromatic nitrogens is 3. The first-order chi connectivity index (χ1) is 12.6. The molecule has 0 spiro atoms. The first-order valence-corrected chi connectivity index (χ1v) is 8.45. The van der Waals surface area contributed by atoms with E-state index in [4.69, 9.17) is 28.6 Å². The smallest absolute Gasteiger partial charge is 0.258 e. The molecule has 134 valence electrons. The molecule has 0 aliphatic rings. The summed E-state index contributed by atoms with van der Waals surface area (Å²) in [5.74, 6) is 1.02. The highest BCUT2D eigenvalue weighted by Crippen LogP contribution is 2.21. The molecule has 9 heteroatoms. The summed E-state index contributed by atoms with van der Waals surface area (Å²) in [6, 6.07) is 14.4. The second-order valence-electron chi connectivity index (χ2n) is 5.35. The molecule has 0 aliphatic heterocycles. The van der Waals surface area contributed by atoms with Crippen molar-refractivity contribution in [2.45, 2.75) is 6.54 Å². The predicted molar refractivity (Wildman–Crippen MR) is 103 cm³/mol. The van der Waals surface area contributed by atoms with E-state index in [1.54, 1.807) is 35.9 Å². The zero-order chi connectivity index (χ0) is 18.5. The summed E-state index contributed by atoms with van der Waals surface area (Å²) < 4.78 is 7.12. The van der Waals surface area contributed by atoms with Crippen LogP contribution in [0.2, 0.25) is 5.02 Å². The van der Waals surface area contributed by atoms with E-state index in [1.807, 2.05) is 24.3 Å². The number of nitrogens with one attached hydrogen (secondary N) is 3. The second-order valence-corrected chi connectivity index (χ2v) is 6.17. The number of ether oxygens (including phenoxy) is 1. The summed E-state index contributed by atoms with van der Waals surface area (Å²) in [5, 5.41) is 7.50. The zero-order valence-electron chi connectivity index (χ0n) is 13.8. The van der Waals surface area contributed by atoms with Crippen molar-refractivity contribution in [1.82, 2.24) is 20.2 Å². The van der Waals surface area contributed by atoms with Crippen LogP contribution in [0.25, 0.3) is 11.4 Å². The van der Waals surface area contributed by atoms with Gasteiger partial charge in [0.1, 0.15) is 12.3 Å². The Morgan fingerprint density at radius 2 is 2.08 bits per heavy atom. The number of hydrogen-bond donors (Lipinski definition) is 3. The van der Waals surface area contributed by atoms with E-state index in [-0.39, 0.29) is 12.5 Å². The molecule has 0 fully saturated rings.